The van der Waals surface area contributed by atoms with Crippen LogP contribution >= 0.6 is 0 Å². The molecule has 1 aromatic carbocycles. The van der Waals surface area contributed by atoms with E-state index in [-0.39, 0.29) is 25.3 Å². The normalized spacial score (nSPS) is 11.8. The predicted molar refractivity (Wildman–Crippen MR) is 67.9 cm³/mol. The van der Waals surface area contributed by atoms with Crippen LogP contribution in [0, 0.1) is 0 Å². The third kappa shape index (κ3) is 5.36. The highest BCUT2D eigenvalue weighted by molar-refractivity contribution is 5.94. The molecule has 104 valence electrons. The van der Waals surface area contributed by atoms with Crippen molar-refractivity contribution >= 4 is 17.6 Å². The lowest BCUT2D eigenvalue weighted by Gasteiger charge is -2.13. The number of anilines is 1. The lowest BCUT2D eigenvalue weighted by atomic mass is 10.2. The van der Waals surface area contributed by atoms with Crippen LogP contribution in [0.2, 0.25) is 0 Å². The van der Waals surface area contributed by atoms with Gasteiger partial charge in [-0.2, -0.15) is 0 Å². The van der Waals surface area contributed by atoms with Gasteiger partial charge in [0.1, 0.15) is 11.8 Å². The number of carbonyl (C=O) groups excluding carboxylic acids is 1. The minimum atomic E-state index is -1.16. The molecule has 0 aliphatic rings. The number of carboxylic acid groups (broad SMARTS) is 1. The van der Waals surface area contributed by atoms with Gasteiger partial charge in [0, 0.05) is 12.2 Å². The molecule has 0 spiro atoms. The van der Waals surface area contributed by atoms with Gasteiger partial charge in [-0.25, -0.2) is 0 Å². The summed E-state index contributed by atoms with van der Waals surface area (Å²) in [5, 5.41) is 31.6. The summed E-state index contributed by atoms with van der Waals surface area (Å²) in [4.78, 5) is 22.5. The first kappa shape index (κ1) is 14.9. The monoisotopic (exact) mass is 268 g/mol. The van der Waals surface area contributed by atoms with Gasteiger partial charge in [0.25, 0.3) is 0 Å². The van der Waals surface area contributed by atoms with E-state index in [1.165, 1.54) is 24.3 Å². The van der Waals surface area contributed by atoms with Crippen molar-refractivity contribution in [3.63, 3.8) is 0 Å². The van der Waals surface area contributed by atoms with Crippen LogP contribution in [0.1, 0.15) is 6.42 Å². The maximum atomic E-state index is 11.6. The molecule has 1 atom stereocenters. The first-order valence-electron chi connectivity index (χ1n) is 5.69. The first-order valence-corrected chi connectivity index (χ1v) is 5.69. The SMILES string of the molecule is O=C(C[C@@H](NCCO)C(=O)O)Nc1ccc(O)cc1. The Balaban J connectivity index is 2.52. The molecule has 1 amide bonds. The Morgan fingerprint density at radius 2 is 1.84 bits per heavy atom. The third-order valence-electron chi connectivity index (χ3n) is 2.34. The Labute approximate surface area is 109 Å². The Hall–Kier alpha value is -2.12. The zero-order valence-corrected chi connectivity index (χ0v) is 10.2. The van der Waals surface area contributed by atoms with Gasteiger partial charge < -0.3 is 26.0 Å². The van der Waals surface area contributed by atoms with Gasteiger partial charge in [0.15, 0.2) is 0 Å². The summed E-state index contributed by atoms with van der Waals surface area (Å²) < 4.78 is 0. The highest BCUT2D eigenvalue weighted by Gasteiger charge is 2.20. The fourth-order valence-corrected chi connectivity index (χ4v) is 1.43. The Morgan fingerprint density at radius 1 is 1.21 bits per heavy atom. The number of rotatable bonds is 7. The summed E-state index contributed by atoms with van der Waals surface area (Å²) in [6.45, 7) is -0.104. The number of hydrogen-bond donors (Lipinski definition) is 5. The van der Waals surface area contributed by atoms with E-state index >= 15 is 0 Å². The number of aromatic hydroxyl groups is 1. The minimum absolute atomic E-state index is 0.0750. The molecule has 0 fully saturated rings. The number of aliphatic hydroxyl groups excluding tert-OH is 1. The molecule has 0 radical (unpaired) electrons. The number of nitrogens with one attached hydrogen (secondary N) is 2. The topological polar surface area (TPSA) is 119 Å². The van der Waals surface area contributed by atoms with Crippen molar-refractivity contribution < 1.29 is 24.9 Å². The van der Waals surface area contributed by atoms with Crippen LogP contribution in [0.25, 0.3) is 0 Å². The number of phenols is 1. The summed E-state index contributed by atoms with van der Waals surface area (Å²) in [5.74, 6) is -1.55. The van der Waals surface area contributed by atoms with Crippen LogP contribution < -0.4 is 10.6 Å². The number of aliphatic carboxylic acids is 1. The number of benzene rings is 1. The molecule has 0 unspecified atom stereocenters. The first-order chi connectivity index (χ1) is 9.02. The van der Waals surface area contributed by atoms with Crippen molar-refractivity contribution in [2.45, 2.75) is 12.5 Å². The number of hydrogen-bond acceptors (Lipinski definition) is 5. The molecule has 0 bridgehead atoms. The average molecular weight is 268 g/mol. The van der Waals surface area contributed by atoms with Gasteiger partial charge in [-0.1, -0.05) is 0 Å². The van der Waals surface area contributed by atoms with Crippen LogP contribution in [0.5, 0.6) is 5.75 Å². The van der Waals surface area contributed by atoms with E-state index in [4.69, 9.17) is 15.3 Å². The van der Waals surface area contributed by atoms with Crippen molar-refractivity contribution in [3.8, 4) is 5.75 Å². The Bertz CT molecular complexity index is 432. The van der Waals surface area contributed by atoms with Gasteiger partial charge in [-0.05, 0) is 24.3 Å². The van der Waals surface area contributed by atoms with Crippen molar-refractivity contribution in [2.75, 3.05) is 18.5 Å². The van der Waals surface area contributed by atoms with Crippen LogP contribution in [-0.4, -0.2) is 46.4 Å². The van der Waals surface area contributed by atoms with Crippen LogP contribution in [0.15, 0.2) is 24.3 Å². The molecular formula is C12H16N2O5. The smallest absolute Gasteiger partial charge is 0.321 e. The molecule has 0 saturated heterocycles. The molecule has 1 aromatic rings. The quantitative estimate of drug-likeness (QED) is 0.435. The van der Waals surface area contributed by atoms with E-state index < -0.39 is 17.9 Å². The Kier molecular flexibility index (Phi) is 5.77. The van der Waals surface area contributed by atoms with E-state index in [0.29, 0.717) is 5.69 Å². The molecule has 5 N–H and O–H groups in total. The van der Waals surface area contributed by atoms with Crippen molar-refractivity contribution in [3.05, 3.63) is 24.3 Å². The molecule has 1 rings (SSSR count). The standard InChI is InChI=1S/C12H16N2O5/c15-6-5-13-10(12(18)19)7-11(17)14-8-1-3-9(16)4-2-8/h1-4,10,13,15-16H,5-7H2,(H,14,17)(H,18,19)/t10-/m1/s1. The number of amides is 1. The molecule has 19 heavy (non-hydrogen) atoms. The summed E-state index contributed by atoms with van der Waals surface area (Å²) in [6.07, 6.45) is -0.254. The van der Waals surface area contributed by atoms with Gasteiger partial charge in [0.05, 0.1) is 13.0 Å². The largest absolute Gasteiger partial charge is 0.508 e. The summed E-state index contributed by atoms with van der Waals surface area (Å²) in [5.41, 5.74) is 0.467. The van der Waals surface area contributed by atoms with E-state index in [1.807, 2.05) is 0 Å². The lowest BCUT2D eigenvalue weighted by molar-refractivity contribution is -0.141. The molecule has 0 saturated carbocycles. The average Bonchev–Trinajstić information content (AvgIpc) is 2.37. The van der Waals surface area contributed by atoms with Crippen molar-refractivity contribution in [2.24, 2.45) is 0 Å². The lowest BCUT2D eigenvalue weighted by Crippen LogP contribution is -2.41. The van der Waals surface area contributed by atoms with Crippen LogP contribution in [0.4, 0.5) is 5.69 Å². The van der Waals surface area contributed by atoms with E-state index in [1.54, 1.807) is 0 Å². The molecule has 7 nitrogen and oxygen atoms in total. The van der Waals surface area contributed by atoms with Gasteiger partial charge in [0.2, 0.25) is 5.91 Å². The minimum Gasteiger partial charge on any atom is -0.508 e. The fourth-order valence-electron chi connectivity index (χ4n) is 1.43. The second kappa shape index (κ2) is 7.34. The summed E-state index contributed by atoms with van der Waals surface area (Å²) in [6, 6.07) is 4.78. The predicted octanol–water partition coefficient (Wildman–Crippen LogP) is -0.244. The van der Waals surface area contributed by atoms with Gasteiger partial charge >= 0.3 is 5.97 Å². The molecule has 0 aromatic heterocycles. The number of carbonyl (C=O) groups is 2. The number of phenolic OH excluding ortho intramolecular Hbond substituents is 1. The van der Waals surface area contributed by atoms with E-state index in [0.717, 1.165) is 0 Å². The van der Waals surface area contributed by atoms with Gasteiger partial charge in [-0.15, -0.1) is 0 Å². The second-order valence-corrected chi connectivity index (χ2v) is 3.87. The molecule has 0 aliphatic heterocycles. The molecule has 7 heteroatoms. The summed E-state index contributed by atoms with van der Waals surface area (Å²) in [7, 11) is 0. The highest BCUT2D eigenvalue weighted by Crippen LogP contribution is 2.14. The van der Waals surface area contributed by atoms with Crippen LogP contribution in [-0.2, 0) is 9.59 Å². The van der Waals surface area contributed by atoms with E-state index in [2.05, 4.69) is 10.6 Å². The molecule has 0 heterocycles. The summed E-state index contributed by atoms with van der Waals surface area (Å²) >= 11 is 0. The second-order valence-electron chi connectivity index (χ2n) is 3.87. The number of aliphatic hydroxyl groups is 1. The third-order valence-corrected chi connectivity index (χ3v) is 2.34. The molecule has 0 aliphatic carbocycles. The highest BCUT2D eigenvalue weighted by atomic mass is 16.4. The van der Waals surface area contributed by atoms with E-state index in [9.17, 15) is 9.59 Å². The molecular weight excluding hydrogens is 252 g/mol. The fraction of sp³-hybridized carbons (Fsp3) is 0.333. The zero-order chi connectivity index (χ0) is 14.3. The van der Waals surface area contributed by atoms with Crippen LogP contribution in [0.3, 0.4) is 0 Å². The van der Waals surface area contributed by atoms with Gasteiger partial charge in [-0.3, -0.25) is 9.59 Å². The Morgan fingerprint density at radius 3 is 2.37 bits per heavy atom. The maximum Gasteiger partial charge on any atom is 0.321 e. The maximum absolute atomic E-state index is 11.6. The number of carboxylic acids is 1. The van der Waals surface area contributed by atoms with Crippen molar-refractivity contribution in [1.82, 2.24) is 5.32 Å². The van der Waals surface area contributed by atoms with Crippen molar-refractivity contribution in [1.29, 1.82) is 0 Å². The zero-order valence-electron chi connectivity index (χ0n) is 10.2.